The molecule has 10 heteroatoms. The first-order chi connectivity index (χ1) is 18.3. The lowest BCUT2D eigenvalue weighted by Crippen LogP contribution is -2.52. The van der Waals surface area contributed by atoms with Crippen LogP contribution >= 0.6 is 23.2 Å². The highest BCUT2D eigenvalue weighted by Gasteiger charge is 2.33. The standard InChI is InChI=1S/C29H33Cl2N3O4S/c1-19(2)32-29(36)22(5)33(17-24-25(30)14-10-15-26(24)31)28(35)18-34(27-16-9-11-20(3)21(27)4)39(37,38)23-12-7-6-8-13-23/h6-16,19,22H,17-18H2,1-5H3,(H,32,36). The van der Waals surface area contributed by atoms with Crippen molar-refractivity contribution in [2.75, 3.05) is 10.8 Å². The summed E-state index contributed by atoms with van der Waals surface area (Å²) in [6.07, 6.45) is 0. The lowest BCUT2D eigenvalue weighted by molar-refractivity contribution is -0.139. The molecule has 2 amide bonds. The number of nitrogens with zero attached hydrogens (tertiary/aromatic N) is 2. The second-order valence-corrected chi connectivity index (χ2v) is 12.3. The van der Waals surface area contributed by atoms with Gasteiger partial charge in [-0.25, -0.2) is 8.42 Å². The molecule has 39 heavy (non-hydrogen) atoms. The van der Waals surface area contributed by atoms with E-state index in [2.05, 4.69) is 5.32 Å². The SMILES string of the molecule is Cc1cccc(N(CC(=O)N(Cc2c(Cl)cccc2Cl)C(C)C(=O)NC(C)C)S(=O)(=O)c2ccccc2)c1C. The van der Waals surface area contributed by atoms with Gasteiger partial charge in [0.05, 0.1) is 10.6 Å². The van der Waals surface area contributed by atoms with Crippen molar-refractivity contribution in [2.45, 2.75) is 58.1 Å². The Balaban J connectivity index is 2.10. The summed E-state index contributed by atoms with van der Waals surface area (Å²) in [5.74, 6) is -0.969. The number of anilines is 1. The van der Waals surface area contributed by atoms with Crippen LogP contribution in [-0.2, 0) is 26.2 Å². The van der Waals surface area contributed by atoms with Gasteiger partial charge in [0.25, 0.3) is 10.0 Å². The fraction of sp³-hybridized carbons (Fsp3) is 0.310. The molecule has 0 heterocycles. The van der Waals surface area contributed by atoms with E-state index in [4.69, 9.17) is 23.2 Å². The van der Waals surface area contributed by atoms with Gasteiger partial charge in [-0.15, -0.1) is 0 Å². The van der Waals surface area contributed by atoms with Crippen molar-refractivity contribution in [1.82, 2.24) is 10.2 Å². The highest BCUT2D eigenvalue weighted by atomic mass is 35.5. The Kier molecular flexibility index (Phi) is 10.0. The van der Waals surface area contributed by atoms with Crippen LogP contribution in [0.15, 0.2) is 71.6 Å². The zero-order valence-electron chi connectivity index (χ0n) is 22.6. The number of sulfonamides is 1. The first-order valence-corrected chi connectivity index (χ1v) is 14.7. The lowest BCUT2D eigenvalue weighted by Gasteiger charge is -2.33. The average molecular weight is 591 g/mol. The maximum absolute atomic E-state index is 14.0. The Bertz CT molecular complexity index is 1430. The maximum atomic E-state index is 14.0. The van der Waals surface area contributed by atoms with E-state index in [1.807, 2.05) is 33.8 Å². The van der Waals surface area contributed by atoms with Crippen LogP contribution in [0.2, 0.25) is 10.0 Å². The second-order valence-electron chi connectivity index (χ2n) is 9.60. The van der Waals surface area contributed by atoms with Gasteiger partial charge in [0, 0.05) is 28.2 Å². The van der Waals surface area contributed by atoms with Crippen LogP contribution in [0.1, 0.15) is 37.5 Å². The molecule has 0 aliphatic rings. The number of carbonyl (C=O) groups excluding carboxylic acids is 2. The number of amides is 2. The Morgan fingerprint density at radius 1 is 0.872 bits per heavy atom. The van der Waals surface area contributed by atoms with Gasteiger partial charge in [0.1, 0.15) is 12.6 Å². The highest BCUT2D eigenvalue weighted by Crippen LogP contribution is 2.30. The first kappa shape index (κ1) is 30.5. The summed E-state index contributed by atoms with van der Waals surface area (Å²) in [5.41, 5.74) is 2.43. The van der Waals surface area contributed by atoms with Crippen molar-refractivity contribution >= 4 is 50.7 Å². The minimum absolute atomic E-state index is 0.0463. The second kappa shape index (κ2) is 12.9. The molecule has 0 spiro atoms. The molecule has 0 aliphatic carbocycles. The van der Waals surface area contributed by atoms with E-state index in [1.165, 1.54) is 17.0 Å². The number of rotatable bonds is 10. The van der Waals surface area contributed by atoms with Gasteiger partial charge in [0.15, 0.2) is 0 Å². The van der Waals surface area contributed by atoms with Crippen molar-refractivity contribution in [1.29, 1.82) is 0 Å². The van der Waals surface area contributed by atoms with Crippen LogP contribution in [-0.4, -0.2) is 43.8 Å². The normalized spacial score (nSPS) is 12.2. The number of hydrogen-bond acceptors (Lipinski definition) is 4. The monoisotopic (exact) mass is 589 g/mol. The third-order valence-electron chi connectivity index (χ3n) is 6.44. The Labute approximate surface area is 240 Å². The first-order valence-electron chi connectivity index (χ1n) is 12.5. The molecule has 0 fully saturated rings. The van der Waals surface area contributed by atoms with Crippen LogP contribution in [0.5, 0.6) is 0 Å². The van der Waals surface area contributed by atoms with Crippen LogP contribution < -0.4 is 9.62 Å². The molecule has 1 atom stereocenters. The molecule has 0 saturated carbocycles. The summed E-state index contributed by atoms with van der Waals surface area (Å²) >= 11 is 12.8. The summed E-state index contributed by atoms with van der Waals surface area (Å²) in [4.78, 5) is 28.4. The van der Waals surface area contributed by atoms with Crippen LogP contribution in [0.3, 0.4) is 0 Å². The molecule has 0 radical (unpaired) electrons. The zero-order valence-corrected chi connectivity index (χ0v) is 24.9. The van der Waals surface area contributed by atoms with Gasteiger partial charge in [-0.3, -0.25) is 13.9 Å². The number of carbonyl (C=O) groups is 2. The quantitative estimate of drug-likeness (QED) is 0.326. The van der Waals surface area contributed by atoms with E-state index in [-0.39, 0.29) is 23.4 Å². The molecule has 7 nitrogen and oxygen atoms in total. The summed E-state index contributed by atoms with van der Waals surface area (Å²) in [6, 6.07) is 17.1. The molecule has 3 rings (SSSR count). The van der Waals surface area contributed by atoms with Crippen molar-refractivity contribution in [3.63, 3.8) is 0 Å². The van der Waals surface area contributed by atoms with Crippen molar-refractivity contribution < 1.29 is 18.0 Å². The molecule has 1 N–H and O–H groups in total. The molecule has 3 aromatic rings. The minimum atomic E-state index is -4.14. The van der Waals surface area contributed by atoms with Gasteiger partial charge in [-0.1, -0.05) is 59.6 Å². The number of hydrogen-bond donors (Lipinski definition) is 1. The van der Waals surface area contributed by atoms with E-state index in [0.717, 1.165) is 15.4 Å². The van der Waals surface area contributed by atoms with Crippen molar-refractivity contribution in [3.05, 3.63) is 93.5 Å². The Morgan fingerprint density at radius 3 is 2.05 bits per heavy atom. The summed E-state index contributed by atoms with van der Waals surface area (Å²) in [6.45, 7) is 8.28. The zero-order chi connectivity index (χ0) is 28.9. The van der Waals surface area contributed by atoms with Gasteiger partial charge in [0.2, 0.25) is 11.8 Å². The van der Waals surface area contributed by atoms with Crippen molar-refractivity contribution in [2.24, 2.45) is 0 Å². The highest BCUT2D eigenvalue weighted by molar-refractivity contribution is 7.92. The van der Waals surface area contributed by atoms with E-state index in [0.29, 0.717) is 21.3 Å². The summed E-state index contributed by atoms with van der Waals surface area (Å²) in [5, 5.41) is 3.49. The van der Waals surface area contributed by atoms with Crippen LogP contribution in [0, 0.1) is 13.8 Å². The minimum Gasteiger partial charge on any atom is -0.352 e. The largest absolute Gasteiger partial charge is 0.352 e. The van der Waals surface area contributed by atoms with E-state index in [9.17, 15) is 18.0 Å². The van der Waals surface area contributed by atoms with Crippen LogP contribution in [0.25, 0.3) is 0 Å². The summed E-state index contributed by atoms with van der Waals surface area (Å²) < 4.78 is 28.9. The molecular formula is C29H33Cl2N3O4S. The molecule has 208 valence electrons. The predicted molar refractivity (Wildman–Crippen MR) is 157 cm³/mol. The summed E-state index contributed by atoms with van der Waals surface area (Å²) in [7, 11) is -4.14. The lowest BCUT2D eigenvalue weighted by atomic mass is 10.1. The third-order valence-corrected chi connectivity index (χ3v) is 8.93. The predicted octanol–water partition coefficient (Wildman–Crippen LogP) is 5.75. The number of halogens is 2. The molecule has 0 bridgehead atoms. The third kappa shape index (κ3) is 7.12. The number of benzene rings is 3. The smallest absolute Gasteiger partial charge is 0.264 e. The Morgan fingerprint density at radius 2 is 1.46 bits per heavy atom. The topological polar surface area (TPSA) is 86.8 Å². The molecule has 0 saturated heterocycles. The molecular weight excluding hydrogens is 557 g/mol. The molecule has 0 aliphatic heterocycles. The van der Waals surface area contributed by atoms with E-state index in [1.54, 1.807) is 55.5 Å². The molecule has 1 unspecified atom stereocenters. The fourth-order valence-corrected chi connectivity index (χ4v) is 6.09. The Hall–Kier alpha value is -3.07. The van der Waals surface area contributed by atoms with Crippen LogP contribution in [0.4, 0.5) is 5.69 Å². The maximum Gasteiger partial charge on any atom is 0.264 e. The number of nitrogens with one attached hydrogen (secondary N) is 1. The molecule has 3 aromatic carbocycles. The van der Waals surface area contributed by atoms with Gasteiger partial charge < -0.3 is 10.2 Å². The van der Waals surface area contributed by atoms with E-state index >= 15 is 0 Å². The van der Waals surface area contributed by atoms with Gasteiger partial charge in [-0.05, 0) is 76.1 Å². The molecule has 0 aromatic heterocycles. The van der Waals surface area contributed by atoms with Crippen molar-refractivity contribution in [3.8, 4) is 0 Å². The number of aryl methyl sites for hydroxylation is 1. The fourth-order valence-electron chi connectivity index (χ4n) is 4.08. The van der Waals surface area contributed by atoms with Gasteiger partial charge in [-0.2, -0.15) is 0 Å². The van der Waals surface area contributed by atoms with E-state index < -0.39 is 28.5 Å². The van der Waals surface area contributed by atoms with Gasteiger partial charge >= 0.3 is 0 Å². The average Bonchev–Trinajstić information content (AvgIpc) is 2.88.